The number of hydrogen-bond acceptors (Lipinski definition) is 11. The summed E-state index contributed by atoms with van der Waals surface area (Å²) in [6, 6.07) is 0. The summed E-state index contributed by atoms with van der Waals surface area (Å²) in [4.78, 5) is 12.9. The maximum Gasteiger partial charge on any atom is 0.397 e. The van der Waals surface area contributed by atoms with Crippen molar-refractivity contribution < 1.29 is 56.2 Å². The lowest BCUT2D eigenvalue weighted by Gasteiger charge is -2.41. The molecule has 0 aromatic carbocycles. The third-order valence-electron chi connectivity index (χ3n) is 12.0. The van der Waals surface area contributed by atoms with Crippen LogP contribution < -0.4 is 0 Å². The first-order valence-electron chi connectivity index (χ1n) is 25.3. The topological polar surface area (TPSA) is 178 Å². The highest BCUT2D eigenvalue weighted by Gasteiger charge is 2.48. The molecule has 13 heteroatoms. The van der Waals surface area contributed by atoms with E-state index in [1.54, 1.807) is 0 Å². The van der Waals surface area contributed by atoms with E-state index in [0.717, 1.165) is 38.5 Å². The van der Waals surface area contributed by atoms with Crippen molar-refractivity contribution in [1.29, 1.82) is 0 Å². The van der Waals surface area contributed by atoms with E-state index in [-0.39, 0.29) is 19.6 Å². The molecule has 4 N–H and O–H groups in total. The quantitative estimate of drug-likeness (QED) is 0.0259. The van der Waals surface area contributed by atoms with Gasteiger partial charge in [0, 0.05) is 13.0 Å². The molecule has 1 heterocycles. The van der Waals surface area contributed by atoms with Crippen LogP contribution in [-0.2, 0) is 38.3 Å². The Morgan fingerprint density at radius 3 is 1.31 bits per heavy atom. The lowest BCUT2D eigenvalue weighted by Crippen LogP contribution is -2.60. The molecule has 6 atom stereocenters. The molecule has 364 valence electrons. The standard InChI is InChI=1S/C48H94O12S/c1-3-5-7-9-11-13-15-17-18-19-20-21-22-23-24-25-27-29-31-33-35-37-44(50)58-42(40-56-38-36-34-32-30-28-26-16-14-12-10-8-6-4-2)41-57-48-46(52)47(60-61(53,54)55)45(51)43(39-49)59-48/h42-43,45-49,51-52H,3-41H2,1-2H3,(H,53,54,55). The van der Waals surface area contributed by atoms with Gasteiger partial charge in [0.05, 0.1) is 19.8 Å². The maximum absolute atomic E-state index is 12.9. The van der Waals surface area contributed by atoms with Crippen LogP contribution in [0.4, 0.5) is 0 Å². The molecule has 0 amide bonds. The van der Waals surface area contributed by atoms with E-state index < -0.39 is 59.8 Å². The predicted molar refractivity (Wildman–Crippen MR) is 244 cm³/mol. The van der Waals surface area contributed by atoms with Gasteiger partial charge in [0.2, 0.25) is 0 Å². The van der Waals surface area contributed by atoms with Crippen molar-refractivity contribution in [3.05, 3.63) is 0 Å². The Balaban J connectivity index is 2.33. The Bertz CT molecular complexity index is 1080. The first kappa shape index (κ1) is 58.1. The summed E-state index contributed by atoms with van der Waals surface area (Å²) in [6.45, 7) is 4.05. The van der Waals surface area contributed by atoms with E-state index in [0.29, 0.717) is 13.0 Å². The fraction of sp³-hybridized carbons (Fsp3) is 0.979. The molecule has 1 saturated heterocycles. The van der Waals surface area contributed by atoms with Gasteiger partial charge in [-0.15, -0.1) is 0 Å². The van der Waals surface area contributed by atoms with Gasteiger partial charge in [-0.1, -0.05) is 219 Å². The number of carbonyl (C=O) groups excluding carboxylic acids is 1. The molecule has 0 saturated carbocycles. The van der Waals surface area contributed by atoms with Gasteiger partial charge in [-0.25, -0.2) is 4.18 Å². The highest BCUT2D eigenvalue weighted by molar-refractivity contribution is 7.80. The Hall–Kier alpha value is -0.900. The zero-order valence-electron chi connectivity index (χ0n) is 39.0. The second-order valence-electron chi connectivity index (χ2n) is 17.8. The van der Waals surface area contributed by atoms with Crippen LogP contribution >= 0.6 is 0 Å². The lowest BCUT2D eigenvalue weighted by molar-refractivity contribution is -0.301. The highest BCUT2D eigenvalue weighted by Crippen LogP contribution is 2.26. The second kappa shape index (κ2) is 40.6. The maximum atomic E-state index is 12.9. The molecule has 12 nitrogen and oxygen atoms in total. The van der Waals surface area contributed by atoms with Gasteiger partial charge in [0.25, 0.3) is 0 Å². The van der Waals surface area contributed by atoms with Gasteiger partial charge >= 0.3 is 16.4 Å². The van der Waals surface area contributed by atoms with Crippen molar-refractivity contribution >= 4 is 16.4 Å². The van der Waals surface area contributed by atoms with Gasteiger partial charge in [0.1, 0.15) is 30.5 Å². The molecule has 0 aromatic heterocycles. The molecule has 0 radical (unpaired) electrons. The Kier molecular flexibility index (Phi) is 38.7. The summed E-state index contributed by atoms with van der Waals surface area (Å²) in [5.41, 5.74) is 0. The third-order valence-corrected chi connectivity index (χ3v) is 12.4. The van der Waals surface area contributed by atoms with Crippen LogP contribution in [-0.4, -0.2) is 97.5 Å². The number of ether oxygens (including phenoxy) is 4. The molecule has 0 bridgehead atoms. The summed E-state index contributed by atoms with van der Waals surface area (Å²) >= 11 is 0. The predicted octanol–water partition coefficient (Wildman–Crippen LogP) is 11.3. The van der Waals surface area contributed by atoms with Crippen LogP contribution in [0.1, 0.15) is 239 Å². The van der Waals surface area contributed by atoms with E-state index in [4.69, 9.17) is 18.9 Å². The van der Waals surface area contributed by atoms with Crippen molar-refractivity contribution in [2.75, 3.05) is 26.4 Å². The van der Waals surface area contributed by atoms with E-state index in [1.165, 1.54) is 173 Å². The number of unbranched alkanes of at least 4 members (excludes halogenated alkanes) is 32. The van der Waals surface area contributed by atoms with Crippen LogP contribution in [0.3, 0.4) is 0 Å². The summed E-state index contributed by atoms with van der Waals surface area (Å²) in [7, 11) is -5.06. The van der Waals surface area contributed by atoms with E-state index >= 15 is 0 Å². The molecular formula is C48H94O12S. The third kappa shape index (κ3) is 34.2. The van der Waals surface area contributed by atoms with Gasteiger partial charge in [-0.3, -0.25) is 9.35 Å². The van der Waals surface area contributed by atoms with Crippen molar-refractivity contribution in [2.24, 2.45) is 0 Å². The minimum Gasteiger partial charge on any atom is -0.457 e. The SMILES string of the molecule is CCCCCCCCCCCCCCCCCCCCCCCC(=O)OC(COCCCCCCCCCCCCCCC)COC1OC(CO)C(O)C(OS(=O)(=O)O)C1O. The number of carbonyl (C=O) groups is 1. The summed E-state index contributed by atoms with van der Waals surface area (Å²) in [6.07, 6.45) is 34.2. The Morgan fingerprint density at radius 1 is 0.557 bits per heavy atom. The molecule has 1 aliphatic heterocycles. The van der Waals surface area contributed by atoms with Gasteiger partial charge in [-0.05, 0) is 12.8 Å². The van der Waals surface area contributed by atoms with E-state index in [9.17, 15) is 33.1 Å². The summed E-state index contributed by atoms with van der Waals surface area (Å²) in [5.74, 6) is -0.391. The average Bonchev–Trinajstić information content (AvgIpc) is 3.23. The van der Waals surface area contributed by atoms with Crippen molar-refractivity contribution in [3.63, 3.8) is 0 Å². The monoisotopic (exact) mass is 895 g/mol. The van der Waals surface area contributed by atoms with Crippen LogP contribution in [0.25, 0.3) is 0 Å². The molecule has 1 rings (SSSR count). The molecule has 1 aliphatic rings. The Labute approximate surface area is 373 Å². The van der Waals surface area contributed by atoms with Gasteiger partial charge in [0.15, 0.2) is 6.29 Å². The molecule has 0 spiro atoms. The summed E-state index contributed by atoms with van der Waals surface area (Å²) < 4.78 is 59.2. The smallest absolute Gasteiger partial charge is 0.397 e. The molecule has 0 aliphatic carbocycles. The molecular weight excluding hydrogens is 801 g/mol. The van der Waals surface area contributed by atoms with E-state index in [1.807, 2.05) is 0 Å². The zero-order chi connectivity index (χ0) is 44.7. The van der Waals surface area contributed by atoms with Crippen LogP contribution in [0.15, 0.2) is 0 Å². The minimum atomic E-state index is -5.06. The number of hydrogen-bond donors (Lipinski definition) is 4. The van der Waals surface area contributed by atoms with Gasteiger partial charge in [-0.2, -0.15) is 8.42 Å². The fourth-order valence-corrected chi connectivity index (χ4v) is 8.65. The first-order chi connectivity index (χ1) is 29.6. The number of aliphatic hydroxyl groups is 3. The minimum absolute atomic E-state index is 0.0448. The first-order valence-corrected chi connectivity index (χ1v) is 26.7. The number of esters is 1. The van der Waals surface area contributed by atoms with Crippen LogP contribution in [0, 0.1) is 0 Å². The van der Waals surface area contributed by atoms with Crippen molar-refractivity contribution in [1.82, 2.24) is 0 Å². The molecule has 61 heavy (non-hydrogen) atoms. The summed E-state index contributed by atoms with van der Waals surface area (Å²) in [5, 5.41) is 30.7. The average molecular weight is 895 g/mol. The fourth-order valence-electron chi connectivity index (χ4n) is 8.15. The highest BCUT2D eigenvalue weighted by atomic mass is 32.3. The second-order valence-corrected chi connectivity index (χ2v) is 18.8. The number of aliphatic hydroxyl groups excluding tert-OH is 3. The Morgan fingerprint density at radius 2 is 0.934 bits per heavy atom. The van der Waals surface area contributed by atoms with Crippen molar-refractivity contribution in [2.45, 2.75) is 275 Å². The largest absolute Gasteiger partial charge is 0.457 e. The zero-order valence-corrected chi connectivity index (χ0v) is 39.8. The van der Waals surface area contributed by atoms with Crippen LogP contribution in [0.5, 0.6) is 0 Å². The molecule has 0 aromatic rings. The van der Waals surface area contributed by atoms with Crippen molar-refractivity contribution in [3.8, 4) is 0 Å². The van der Waals surface area contributed by atoms with Gasteiger partial charge < -0.3 is 34.3 Å². The normalized spacial score (nSPS) is 20.0. The number of rotatable bonds is 45. The van der Waals surface area contributed by atoms with E-state index in [2.05, 4.69) is 18.0 Å². The lowest BCUT2D eigenvalue weighted by atomic mass is 9.99. The molecule has 6 unspecified atom stereocenters. The van der Waals surface area contributed by atoms with Crippen LogP contribution in [0.2, 0.25) is 0 Å². The molecule has 1 fully saturated rings.